The number of Topliss-reactive ketones (excluding diaryl/α,β-unsaturated/α-hetero) is 1. The van der Waals surface area contributed by atoms with Crippen LogP contribution in [-0.2, 0) is 22.7 Å². The van der Waals surface area contributed by atoms with E-state index in [4.69, 9.17) is 27.9 Å². The number of halogens is 2. The first kappa shape index (κ1) is 26.5. The van der Waals surface area contributed by atoms with E-state index in [1.807, 2.05) is 43.3 Å². The summed E-state index contributed by atoms with van der Waals surface area (Å²) in [6.07, 6.45) is 3.26. The van der Waals surface area contributed by atoms with Crippen LogP contribution in [0.1, 0.15) is 33.9 Å². The third kappa shape index (κ3) is 5.53. The van der Waals surface area contributed by atoms with E-state index in [-0.39, 0.29) is 22.9 Å². The van der Waals surface area contributed by atoms with Gasteiger partial charge in [-0.25, -0.2) is 0 Å². The van der Waals surface area contributed by atoms with Crippen LogP contribution < -0.4 is 4.74 Å². The molecule has 1 aromatic heterocycles. The molecular weight excluding hydrogens is 535 g/mol. The van der Waals surface area contributed by atoms with Crippen LogP contribution in [0.3, 0.4) is 0 Å². The molecule has 0 bridgehead atoms. The maximum atomic E-state index is 13.4. The van der Waals surface area contributed by atoms with Crippen LogP contribution in [0.15, 0.2) is 96.8 Å². The second-order valence-electron chi connectivity index (χ2n) is 9.22. The Bertz CT molecular complexity index is 1570. The molecule has 1 N–H and O–H groups in total. The number of aromatic nitrogens is 1. The number of ketones is 1. The second-order valence-corrected chi connectivity index (χ2v) is 10.0. The van der Waals surface area contributed by atoms with Gasteiger partial charge in [-0.2, -0.15) is 0 Å². The molecule has 39 heavy (non-hydrogen) atoms. The number of amides is 1. The van der Waals surface area contributed by atoms with E-state index in [0.717, 1.165) is 16.7 Å². The highest BCUT2D eigenvalue weighted by Crippen LogP contribution is 2.42. The van der Waals surface area contributed by atoms with Gasteiger partial charge in [0.2, 0.25) is 0 Å². The van der Waals surface area contributed by atoms with Crippen molar-refractivity contribution in [2.45, 2.75) is 26.1 Å². The van der Waals surface area contributed by atoms with E-state index in [2.05, 4.69) is 4.98 Å². The van der Waals surface area contributed by atoms with Crippen LogP contribution in [0.25, 0.3) is 5.76 Å². The molecule has 4 aromatic rings. The number of benzene rings is 3. The lowest BCUT2D eigenvalue weighted by atomic mass is 9.94. The monoisotopic (exact) mass is 558 g/mol. The van der Waals surface area contributed by atoms with Gasteiger partial charge in [0, 0.05) is 24.5 Å². The van der Waals surface area contributed by atoms with Gasteiger partial charge in [0.1, 0.15) is 18.1 Å². The third-order valence-electron chi connectivity index (χ3n) is 6.56. The highest BCUT2D eigenvalue weighted by molar-refractivity contribution is 6.46. The van der Waals surface area contributed by atoms with Crippen LogP contribution >= 0.6 is 23.2 Å². The van der Waals surface area contributed by atoms with Gasteiger partial charge >= 0.3 is 0 Å². The van der Waals surface area contributed by atoms with Crippen molar-refractivity contribution in [3.63, 3.8) is 0 Å². The van der Waals surface area contributed by atoms with Gasteiger partial charge in [-0.1, -0.05) is 65.7 Å². The number of carbonyl (C=O) groups excluding carboxylic acids is 2. The van der Waals surface area contributed by atoms with E-state index < -0.39 is 17.7 Å². The molecule has 2 heterocycles. The zero-order chi connectivity index (χ0) is 27.5. The molecule has 5 rings (SSSR count). The molecule has 3 aromatic carbocycles. The molecule has 1 aliphatic rings. The molecule has 0 unspecified atom stereocenters. The molecule has 1 atom stereocenters. The molecule has 0 saturated carbocycles. The van der Waals surface area contributed by atoms with Crippen molar-refractivity contribution in [1.82, 2.24) is 9.88 Å². The number of carbonyl (C=O) groups is 2. The summed E-state index contributed by atoms with van der Waals surface area (Å²) in [4.78, 5) is 32.1. The summed E-state index contributed by atoms with van der Waals surface area (Å²) in [5.74, 6) is -1.14. The molecule has 196 valence electrons. The maximum absolute atomic E-state index is 13.4. The predicted octanol–water partition coefficient (Wildman–Crippen LogP) is 6.90. The number of aliphatic hydroxyl groups is 1. The number of ether oxygens (including phenoxy) is 1. The van der Waals surface area contributed by atoms with Gasteiger partial charge in [0.15, 0.2) is 0 Å². The van der Waals surface area contributed by atoms with Crippen LogP contribution in [-0.4, -0.2) is 26.7 Å². The number of hydrogen-bond acceptors (Lipinski definition) is 5. The average Bonchev–Trinajstić information content (AvgIpc) is 3.19. The number of aryl methyl sites for hydroxylation is 1. The van der Waals surface area contributed by atoms with E-state index >= 15 is 0 Å². The fourth-order valence-corrected chi connectivity index (χ4v) is 4.92. The SMILES string of the molecule is Cc1cc(/C(O)=C2\C(=O)C(=O)N(Cc3cccnc3)[C@H]2c2ccc(Cl)c(Cl)c2)ccc1OCc1ccccc1. The smallest absolute Gasteiger partial charge is 0.295 e. The zero-order valence-electron chi connectivity index (χ0n) is 21.0. The van der Waals surface area contributed by atoms with Crippen molar-refractivity contribution in [2.75, 3.05) is 0 Å². The minimum absolute atomic E-state index is 0.0281. The quantitative estimate of drug-likeness (QED) is 0.151. The topological polar surface area (TPSA) is 79.7 Å². The van der Waals surface area contributed by atoms with Crippen LogP contribution in [0, 0.1) is 6.92 Å². The van der Waals surface area contributed by atoms with E-state index in [1.54, 1.807) is 54.9 Å². The molecule has 1 saturated heterocycles. The van der Waals surface area contributed by atoms with Crippen LogP contribution in [0.5, 0.6) is 5.75 Å². The Morgan fingerprint density at radius 1 is 0.949 bits per heavy atom. The number of aliphatic hydroxyl groups excluding tert-OH is 1. The molecule has 0 spiro atoms. The predicted molar refractivity (Wildman–Crippen MR) is 150 cm³/mol. The molecule has 0 aliphatic carbocycles. The van der Waals surface area contributed by atoms with E-state index in [9.17, 15) is 14.7 Å². The number of likely N-dealkylation sites (tertiary alicyclic amines) is 1. The van der Waals surface area contributed by atoms with Gasteiger partial charge in [0.25, 0.3) is 11.7 Å². The Labute approximate surface area is 236 Å². The van der Waals surface area contributed by atoms with Crippen molar-refractivity contribution < 1.29 is 19.4 Å². The summed E-state index contributed by atoms with van der Waals surface area (Å²) in [5, 5.41) is 12.1. The Morgan fingerprint density at radius 3 is 2.41 bits per heavy atom. The van der Waals surface area contributed by atoms with Gasteiger partial charge in [-0.05, 0) is 65.6 Å². The lowest BCUT2D eigenvalue weighted by Crippen LogP contribution is -2.29. The highest BCUT2D eigenvalue weighted by atomic mass is 35.5. The average molecular weight is 559 g/mol. The van der Waals surface area contributed by atoms with Gasteiger partial charge in [0.05, 0.1) is 21.7 Å². The van der Waals surface area contributed by atoms with Crippen molar-refractivity contribution in [1.29, 1.82) is 0 Å². The number of pyridine rings is 1. The summed E-state index contributed by atoms with van der Waals surface area (Å²) in [6, 6.07) is 22.5. The normalized spacial score (nSPS) is 16.5. The van der Waals surface area contributed by atoms with Crippen molar-refractivity contribution in [2.24, 2.45) is 0 Å². The van der Waals surface area contributed by atoms with Crippen LogP contribution in [0.4, 0.5) is 0 Å². The fourth-order valence-electron chi connectivity index (χ4n) is 4.61. The zero-order valence-corrected chi connectivity index (χ0v) is 22.5. The van der Waals surface area contributed by atoms with Crippen molar-refractivity contribution in [3.8, 4) is 5.75 Å². The van der Waals surface area contributed by atoms with Crippen molar-refractivity contribution >= 4 is 40.7 Å². The fraction of sp³-hybridized carbons (Fsp3) is 0.129. The van der Waals surface area contributed by atoms with Crippen molar-refractivity contribution in [3.05, 3.63) is 135 Å². The van der Waals surface area contributed by atoms with Crippen LogP contribution in [0.2, 0.25) is 10.0 Å². The molecule has 6 nitrogen and oxygen atoms in total. The summed E-state index contributed by atoms with van der Waals surface area (Å²) in [6.45, 7) is 2.36. The van der Waals surface area contributed by atoms with Gasteiger partial charge in [-0.15, -0.1) is 0 Å². The first-order valence-corrected chi connectivity index (χ1v) is 13.0. The summed E-state index contributed by atoms with van der Waals surface area (Å²) in [5.41, 5.74) is 3.45. The second kappa shape index (κ2) is 11.3. The largest absolute Gasteiger partial charge is 0.507 e. The van der Waals surface area contributed by atoms with E-state index in [1.165, 1.54) is 4.90 Å². The summed E-state index contributed by atoms with van der Waals surface area (Å²) in [7, 11) is 0. The standard InChI is InChI=1S/C31H24Cl2N2O4/c1-19-14-23(10-12-26(19)39-18-20-6-3-2-4-7-20)29(36)27-28(22-9-11-24(32)25(33)15-22)35(31(38)30(27)37)17-21-8-5-13-34-16-21/h2-16,28,36H,17-18H2,1H3/b29-27+/t28-/m0/s1. The Hall–Kier alpha value is -4.13. The number of rotatable bonds is 7. The number of nitrogens with zero attached hydrogens (tertiary/aromatic N) is 2. The maximum Gasteiger partial charge on any atom is 0.295 e. The lowest BCUT2D eigenvalue weighted by Gasteiger charge is -2.25. The van der Waals surface area contributed by atoms with Gasteiger partial charge in [-0.3, -0.25) is 14.6 Å². The minimum atomic E-state index is -0.880. The number of hydrogen-bond donors (Lipinski definition) is 1. The molecule has 8 heteroatoms. The van der Waals surface area contributed by atoms with Gasteiger partial charge < -0.3 is 14.7 Å². The first-order chi connectivity index (χ1) is 18.8. The third-order valence-corrected chi connectivity index (χ3v) is 7.30. The Morgan fingerprint density at radius 2 is 1.72 bits per heavy atom. The summed E-state index contributed by atoms with van der Waals surface area (Å²) < 4.78 is 5.96. The van der Waals surface area contributed by atoms with E-state index in [0.29, 0.717) is 28.5 Å². The molecule has 1 fully saturated rings. The first-order valence-electron chi connectivity index (χ1n) is 12.2. The Kier molecular flexibility index (Phi) is 7.68. The minimum Gasteiger partial charge on any atom is -0.507 e. The Balaban J connectivity index is 1.53. The molecule has 0 radical (unpaired) electrons. The molecule has 1 aliphatic heterocycles. The highest BCUT2D eigenvalue weighted by Gasteiger charge is 2.46. The molecular formula is C31H24Cl2N2O4. The lowest BCUT2D eigenvalue weighted by molar-refractivity contribution is -0.140. The summed E-state index contributed by atoms with van der Waals surface area (Å²) >= 11 is 12.4. The molecule has 1 amide bonds.